The number of nitrogens with zero attached hydrogens (tertiary/aromatic N) is 2. The number of benzene rings is 1. The summed E-state index contributed by atoms with van der Waals surface area (Å²) in [6.07, 6.45) is 4.61. The Kier molecular flexibility index (Phi) is 10.2. The average Bonchev–Trinajstić information content (AvgIpc) is 3.49. The summed E-state index contributed by atoms with van der Waals surface area (Å²) in [7, 11) is 0. The SMILES string of the molecule is CC(C)C[C@H](Nc1cscc1-c1ccc(CNCCCN2CCCC2)cc1)C(=O)NCC#N. The van der Waals surface area contributed by atoms with E-state index >= 15 is 0 Å². The number of carbonyl (C=O) groups is 1. The molecular weight excluding hydrogens is 430 g/mol. The van der Waals surface area contributed by atoms with Gasteiger partial charge in [0.05, 0.1) is 11.8 Å². The Morgan fingerprint density at radius 3 is 2.64 bits per heavy atom. The van der Waals surface area contributed by atoms with Crippen LogP contribution in [0.2, 0.25) is 0 Å². The van der Waals surface area contributed by atoms with E-state index in [9.17, 15) is 4.79 Å². The van der Waals surface area contributed by atoms with Gasteiger partial charge in [0.2, 0.25) is 5.91 Å². The molecule has 33 heavy (non-hydrogen) atoms. The van der Waals surface area contributed by atoms with Crippen LogP contribution >= 0.6 is 11.3 Å². The third kappa shape index (κ3) is 8.15. The molecule has 2 heterocycles. The van der Waals surface area contributed by atoms with Crippen molar-refractivity contribution in [1.29, 1.82) is 5.26 Å². The second-order valence-corrected chi connectivity index (χ2v) is 9.92. The number of thiophene rings is 1. The molecule has 3 N–H and O–H groups in total. The van der Waals surface area contributed by atoms with Crippen molar-refractivity contribution in [1.82, 2.24) is 15.5 Å². The van der Waals surface area contributed by atoms with E-state index in [4.69, 9.17) is 5.26 Å². The predicted octanol–water partition coefficient (Wildman–Crippen LogP) is 4.46. The lowest BCUT2D eigenvalue weighted by Gasteiger charge is -2.21. The van der Waals surface area contributed by atoms with Gasteiger partial charge in [0.25, 0.3) is 0 Å². The van der Waals surface area contributed by atoms with Gasteiger partial charge in [-0.25, -0.2) is 0 Å². The second kappa shape index (κ2) is 13.3. The number of nitriles is 1. The van der Waals surface area contributed by atoms with Crippen molar-refractivity contribution >= 4 is 22.9 Å². The van der Waals surface area contributed by atoms with Gasteiger partial charge < -0.3 is 20.9 Å². The molecule has 0 saturated carbocycles. The molecule has 6 nitrogen and oxygen atoms in total. The first-order valence-corrected chi connectivity index (χ1v) is 13.0. The van der Waals surface area contributed by atoms with Crippen molar-refractivity contribution in [3.05, 3.63) is 40.6 Å². The molecule has 3 rings (SSSR count). The quantitative estimate of drug-likeness (QED) is 0.299. The zero-order valence-corrected chi connectivity index (χ0v) is 20.7. The minimum Gasteiger partial charge on any atom is -0.372 e. The van der Waals surface area contributed by atoms with Crippen LogP contribution in [0.4, 0.5) is 5.69 Å². The molecule has 2 aromatic rings. The van der Waals surface area contributed by atoms with Crippen LogP contribution in [0.3, 0.4) is 0 Å². The van der Waals surface area contributed by atoms with Gasteiger partial charge >= 0.3 is 0 Å². The van der Waals surface area contributed by atoms with E-state index in [0.717, 1.165) is 29.9 Å². The molecule has 1 atom stereocenters. The number of nitrogens with one attached hydrogen (secondary N) is 3. The first-order valence-electron chi connectivity index (χ1n) is 12.1. The molecule has 1 aromatic heterocycles. The van der Waals surface area contributed by atoms with E-state index in [2.05, 4.69) is 69.7 Å². The van der Waals surface area contributed by atoms with E-state index in [1.807, 2.05) is 6.07 Å². The smallest absolute Gasteiger partial charge is 0.243 e. The van der Waals surface area contributed by atoms with Crippen molar-refractivity contribution < 1.29 is 4.79 Å². The topological polar surface area (TPSA) is 80.2 Å². The molecule has 1 amide bonds. The van der Waals surface area contributed by atoms with Crippen LogP contribution in [0.25, 0.3) is 11.1 Å². The van der Waals surface area contributed by atoms with E-state index in [-0.39, 0.29) is 18.5 Å². The Balaban J connectivity index is 1.54. The maximum Gasteiger partial charge on any atom is 0.243 e. The van der Waals surface area contributed by atoms with Gasteiger partial charge in [-0.3, -0.25) is 4.79 Å². The molecule has 178 valence electrons. The largest absolute Gasteiger partial charge is 0.372 e. The van der Waals surface area contributed by atoms with Crippen molar-refractivity contribution in [3.63, 3.8) is 0 Å². The number of amides is 1. The van der Waals surface area contributed by atoms with Crippen LogP contribution in [0, 0.1) is 17.2 Å². The van der Waals surface area contributed by atoms with E-state index in [0.29, 0.717) is 12.3 Å². The Morgan fingerprint density at radius 1 is 1.18 bits per heavy atom. The van der Waals surface area contributed by atoms with Crippen molar-refractivity contribution in [3.8, 4) is 17.2 Å². The van der Waals surface area contributed by atoms with Gasteiger partial charge in [0.1, 0.15) is 12.6 Å². The van der Waals surface area contributed by atoms with Crippen LogP contribution in [-0.4, -0.2) is 49.6 Å². The third-order valence-electron chi connectivity index (χ3n) is 5.98. The summed E-state index contributed by atoms with van der Waals surface area (Å²) >= 11 is 1.62. The van der Waals surface area contributed by atoms with Crippen LogP contribution in [-0.2, 0) is 11.3 Å². The molecular formula is C26H37N5OS. The normalized spacial score (nSPS) is 14.8. The van der Waals surface area contributed by atoms with Crippen molar-refractivity contribution in [2.45, 2.75) is 52.1 Å². The lowest BCUT2D eigenvalue weighted by atomic mass is 10.0. The maximum absolute atomic E-state index is 12.5. The van der Waals surface area contributed by atoms with E-state index in [1.165, 1.54) is 44.5 Å². The monoisotopic (exact) mass is 467 g/mol. The van der Waals surface area contributed by atoms with Crippen molar-refractivity contribution in [2.75, 3.05) is 38.0 Å². The lowest BCUT2D eigenvalue weighted by molar-refractivity contribution is -0.121. The molecule has 1 aliphatic heterocycles. The van der Waals surface area contributed by atoms with Crippen LogP contribution < -0.4 is 16.0 Å². The van der Waals surface area contributed by atoms with Crippen LogP contribution in [0.5, 0.6) is 0 Å². The first-order chi connectivity index (χ1) is 16.1. The van der Waals surface area contributed by atoms with Gasteiger partial charge in [-0.05, 0) is 68.9 Å². The average molecular weight is 468 g/mol. The summed E-state index contributed by atoms with van der Waals surface area (Å²) in [5, 5.41) is 22.6. The first kappa shape index (κ1) is 25.2. The fourth-order valence-corrected chi connectivity index (χ4v) is 5.04. The molecule has 1 aliphatic rings. The minimum atomic E-state index is -0.365. The number of hydrogen-bond donors (Lipinski definition) is 3. The molecule has 0 spiro atoms. The fraction of sp³-hybridized carbons (Fsp3) is 0.538. The third-order valence-corrected chi connectivity index (χ3v) is 6.72. The molecule has 0 bridgehead atoms. The number of anilines is 1. The standard InChI is InChI=1S/C26H37N5OS/c1-20(2)16-24(26(32)29-12-10-27)30-25-19-33-18-23(25)22-8-6-21(7-9-22)17-28-11-5-15-31-13-3-4-14-31/h6-9,18-20,24,28,30H,3-5,11-17H2,1-2H3,(H,29,32)/t24-/m0/s1. The van der Waals surface area contributed by atoms with Gasteiger partial charge in [-0.15, -0.1) is 11.3 Å². The molecule has 0 radical (unpaired) electrons. The van der Waals surface area contributed by atoms with E-state index < -0.39 is 0 Å². The molecule has 1 fully saturated rings. The predicted molar refractivity (Wildman–Crippen MR) is 137 cm³/mol. The molecule has 1 saturated heterocycles. The zero-order chi connectivity index (χ0) is 23.5. The van der Waals surface area contributed by atoms with Gasteiger partial charge in [-0.2, -0.15) is 5.26 Å². The molecule has 7 heteroatoms. The number of hydrogen-bond acceptors (Lipinski definition) is 6. The second-order valence-electron chi connectivity index (χ2n) is 9.18. The van der Waals surface area contributed by atoms with Gasteiger partial charge in [0.15, 0.2) is 0 Å². The van der Waals surface area contributed by atoms with E-state index in [1.54, 1.807) is 11.3 Å². The summed E-state index contributed by atoms with van der Waals surface area (Å²) in [6, 6.07) is 10.3. The Morgan fingerprint density at radius 2 is 1.94 bits per heavy atom. The highest BCUT2D eigenvalue weighted by atomic mass is 32.1. The molecule has 1 aromatic carbocycles. The van der Waals surface area contributed by atoms with Crippen LogP contribution in [0.1, 0.15) is 45.1 Å². The minimum absolute atomic E-state index is 0.0271. The Bertz CT molecular complexity index is 896. The molecule has 0 aliphatic carbocycles. The highest BCUT2D eigenvalue weighted by Gasteiger charge is 2.21. The summed E-state index contributed by atoms with van der Waals surface area (Å²) in [6.45, 7) is 9.88. The molecule has 0 unspecified atom stereocenters. The zero-order valence-electron chi connectivity index (χ0n) is 19.9. The van der Waals surface area contributed by atoms with Gasteiger partial charge in [0, 0.05) is 22.9 Å². The number of carbonyl (C=O) groups excluding carboxylic acids is 1. The van der Waals surface area contributed by atoms with Gasteiger partial charge in [-0.1, -0.05) is 38.1 Å². The summed E-state index contributed by atoms with van der Waals surface area (Å²) in [5.74, 6) is 0.230. The number of likely N-dealkylation sites (tertiary alicyclic amines) is 1. The summed E-state index contributed by atoms with van der Waals surface area (Å²) < 4.78 is 0. The highest BCUT2D eigenvalue weighted by molar-refractivity contribution is 7.08. The summed E-state index contributed by atoms with van der Waals surface area (Å²) in [5.41, 5.74) is 4.48. The van der Waals surface area contributed by atoms with Crippen LogP contribution in [0.15, 0.2) is 35.0 Å². The lowest BCUT2D eigenvalue weighted by Crippen LogP contribution is -2.40. The number of rotatable bonds is 13. The summed E-state index contributed by atoms with van der Waals surface area (Å²) in [4.78, 5) is 15.1. The Hall–Kier alpha value is -2.40. The Labute approximate surface area is 202 Å². The van der Waals surface area contributed by atoms with Crippen molar-refractivity contribution in [2.24, 2.45) is 5.92 Å². The maximum atomic E-state index is 12.5. The fourth-order valence-electron chi connectivity index (χ4n) is 4.24. The highest BCUT2D eigenvalue weighted by Crippen LogP contribution is 2.33.